The molecule has 2 aliphatic rings. The molecule has 2 fully saturated rings. The van der Waals surface area contributed by atoms with Gasteiger partial charge in [0.05, 0.1) is 6.54 Å². The van der Waals surface area contributed by atoms with Crippen LogP contribution in [0.25, 0.3) is 10.1 Å². The summed E-state index contributed by atoms with van der Waals surface area (Å²) in [4.78, 5) is 33.3. The minimum atomic E-state index is -0.428. The molecule has 0 saturated carbocycles. The van der Waals surface area contributed by atoms with E-state index in [1.54, 1.807) is 21.9 Å². The molecule has 1 atom stereocenters. The van der Waals surface area contributed by atoms with E-state index in [1.807, 2.05) is 11.3 Å². The number of aryl methyl sites for hydroxylation is 1. The van der Waals surface area contributed by atoms with Crippen molar-refractivity contribution >= 4 is 33.2 Å². The van der Waals surface area contributed by atoms with Crippen LogP contribution in [0.1, 0.15) is 22.9 Å². The third kappa shape index (κ3) is 4.39. The quantitative estimate of drug-likeness (QED) is 0.558. The zero-order chi connectivity index (χ0) is 22.9. The summed E-state index contributed by atoms with van der Waals surface area (Å²) >= 11 is 1.85. The lowest BCUT2D eigenvalue weighted by molar-refractivity contribution is -0.159. The average molecular weight is 466 g/mol. The maximum absolute atomic E-state index is 13.3. The number of rotatable bonds is 6. The number of hydrogen-bond donors (Lipinski definition) is 0. The molecule has 2 saturated heterocycles. The van der Waals surface area contributed by atoms with Gasteiger partial charge in [-0.1, -0.05) is 37.3 Å². The molecule has 0 spiro atoms. The van der Waals surface area contributed by atoms with Crippen LogP contribution in [0, 0.1) is 5.82 Å². The van der Waals surface area contributed by atoms with Crippen molar-refractivity contribution in [2.45, 2.75) is 32.4 Å². The van der Waals surface area contributed by atoms with E-state index in [0.717, 1.165) is 25.1 Å². The second kappa shape index (κ2) is 9.23. The monoisotopic (exact) mass is 465 g/mol. The summed E-state index contributed by atoms with van der Waals surface area (Å²) < 4.78 is 14.5. The number of piperazine rings is 2. The number of hydrogen-bond acceptors (Lipinski definition) is 4. The molecule has 3 aromatic rings. The van der Waals surface area contributed by atoms with E-state index in [4.69, 9.17) is 0 Å². The Labute approximate surface area is 197 Å². The fourth-order valence-electron chi connectivity index (χ4n) is 4.97. The zero-order valence-corrected chi connectivity index (χ0v) is 19.6. The molecule has 0 aliphatic carbocycles. The highest BCUT2D eigenvalue weighted by atomic mass is 32.1. The van der Waals surface area contributed by atoms with Crippen molar-refractivity contribution in [2.75, 3.05) is 32.7 Å². The van der Waals surface area contributed by atoms with Gasteiger partial charge in [0.2, 0.25) is 11.8 Å². The molecule has 3 heterocycles. The van der Waals surface area contributed by atoms with Gasteiger partial charge >= 0.3 is 0 Å². The summed E-state index contributed by atoms with van der Waals surface area (Å²) in [7, 11) is 0. The Morgan fingerprint density at radius 3 is 2.64 bits per heavy atom. The Hall–Kier alpha value is -2.77. The van der Waals surface area contributed by atoms with Crippen molar-refractivity contribution < 1.29 is 14.0 Å². The molecular formula is C26H28FN3O2S. The molecule has 2 amide bonds. The van der Waals surface area contributed by atoms with E-state index >= 15 is 0 Å². The summed E-state index contributed by atoms with van der Waals surface area (Å²) in [6.07, 6.45) is 1.60. The van der Waals surface area contributed by atoms with Crippen LogP contribution in [-0.2, 0) is 29.0 Å². The lowest BCUT2D eigenvalue weighted by atomic mass is 10.0. The topological polar surface area (TPSA) is 43.9 Å². The lowest BCUT2D eigenvalue weighted by Crippen LogP contribution is -2.66. The van der Waals surface area contributed by atoms with E-state index < -0.39 is 6.04 Å². The number of carbonyl (C=O) groups excluding carboxylic acids is 2. The summed E-state index contributed by atoms with van der Waals surface area (Å²) in [5.41, 5.74) is 2.31. The highest BCUT2D eigenvalue weighted by molar-refractivity contribution is 7.19. The minimum Gasteiger partial charge on any atom is -0.331 e. The number of benzene rings is 2. The molecule has 172 valence electrons. The van der Waals surface area contributed by atoms with E-state index in [1.165, 1.54) is 32.7 Å². The first-order chi connectivity index (χ1) is 16.0. The maximum Gasteiger partial charge on any atom is 0.247 e. The van der Waals surface area contributed by atoms with Gasteiger partial charge < -0.3 is 9.80 Å². The first-order valence-corrected chi connectivity index (χ1v) is 12.4. The lowest BCUT2D eigenvalue weighted by Gasteiger charge is -2.46. The van der Waals surface area contributed by atoms with E-state index in [0.29, 0.717) is 26.1 Å². The van der Waals surface area contributed by atoms with Crippen LogP contribution in [0.4, 0.5) is 4.39 Å². The Morgan fingerprint density at radius 2 is 1.85 bits per heavy atom. The van der Waals surface area contributed by atoms with E-state index in [-0.39, 0.29) is 24.2 Å². The standard InChI is InChI=1S/C26H28FN3O2S/c1-2-23-21(20-5-3-4-6-24(20)33-23)15-28-13-14-30-22(16-28)26(32)29(17-25(30)31)12-11-18-7-9-19(27)10-8-18/h3-10,22H,2,11-17H2,1H3. The molecule has 2 aliphatic heterocycles. The fourth-order valence-corrected chi connectivity index (χ4v) is 6.13. The SMILES string of the molecule is CCc1sc2ccccc2c1CN1CCN2C(=O)CN(CCc3ccc(F)cc3)C(=O)C2C1. The predicted molar refractivity (Wildman–Crippen MR) is 129 cm³/mol. The largest absolute Gasteiger partial charge is 0.331 e. The summed E-state index contributed by atoms with van der Waals surface area (Å²) in [6, 6.07) is 14.4. The second-order valence-corrected chi connectivity index (χ2v) is 9.96. The molecule has 1 aromatic heterocycles. The van der Waals surface area contributed by atoms with E-state index in [9.17, 15) is 14.0 Å². The number of nitrogens with zero attached hydrogens (tertiary/aromatic N) is 3. The fraction of sp³-hybridized carbons (Fsp3) is 0.385. The van der Waals surface area contributed by atoms with Crippen molar-refractivity contribution in [3.63, 3.8) is 0 Å². The number of halogens is 1. The Kier molecular flexibility index (Phi) is 6.17. The molecule has 0 radical (unpaired) electrons. The molecule has 1 unspecified atom stereocenters. The Bertz CT molecular complexity index is 1180. The molecule has 7 heteroatoms. The highest BCUT2D eigenvalue weighted by Gasteiger charge is 2.42. The maximum atomic E-state index is 13.3. The zero-order valence-electron chi connectivity index (χ0n) is 18.8. The highest BCUT2D eigenvalue weighted by Crippen LogP contribution is 2.33. The summed E-state index contributed by atoms with van der Waals surface area (Å²) in [6.45, 7) is 5.51. The van der Waals surface area contributed by atoms with Gasteiger partial charge in [0.15, 0.2) is 0 Å². The van der Waals surface area contributed by atoms with Gasteiger partial charge in [0.25, 0.3) is 0 Å². The Morgan fingerprint density at radius 1 is 1.06 bits per heavy atom. The molecule has 0 N–H and O–H groups in total. The van der Waals surface area contributed by atoms with Gasteiger partial charge in [0.1, 0.15) is 11.9 Å². The first-order valence-electron chi connectivity index (χ1n) is 11.6. The van der Waals surface area contributed by atoms with E-state index in [2.05, 4.69) is 36.1 Å². The summed E-state index contributed by atoms with van der Waals surface area (Å²) in [5, 5.41) is 1.30. The molecule has 2 aromatic carbocycles. The first kappa shape index (κ1) is 22.0. The smallest absolute Gasteiger partial charge is 0.247 e. The van der Waals surface area contributed by atoms with Crippen molar-refractivity contribution in [2.24, 2.45) is 0 Å². The molecule has 0 bridgehead atoms. The number of amides is 2. The van der Waals surface area contributed by atoms with Gasteiger partial charge in [-0.3, -0.25) is 14.5 Å². The van der Waals surface area contributed by atoms with Crippen molar-refractivity contribution in [1.29, 1.82) is 0 Å². The molecule has 33 heavy (non-hydrogen) atoms. The second-order valence-electron chi connectivity index (χ2n) is 8.83. The third-order valence-electron chi connectivity index (χ3n) is 6.78. The average Bonchev–Trinajstić information content (AvgIpc) is 3.19. The third-order valence-corrected chi connectivity index (χ3v) is 8.13. The number of carbonyl (C=O) groups is 2. The molecule has 5 nitrogen and oxygen atoms in total. The van der Waals surface area contributed by atoms with Crippen LogP contribution in [-0.4, -0.2) is 65.3 Å². The van der Waals surface area contributed by atoms with Crippen molar-refractivity contribution in [3.8, 4) is 0 Å². The number of thiophene rings is 1. The van der Waals surface area contributed by atoms with Gasteiger partial charge in [-0.2, -0.15) is 0 Å². The summed E-state index contributed by atoms with van der Waals surface area (Å²) in [5.74, 6) is -0.230. The molecule has 5 rings (SSSR count). The Balaban J connectivity index is 1.29. The van der Waals surface area contributed by atoms with Gasteiger partial charge in [-0.05, 0) is 47.6 Å². The van der Waals surface area contributed by atoms with Crippen LogP contribution in [0.15, 0.2) is 48.5 Å². The van der Waals surface area contributed by atoms with Crippen molar-refractivity contribution in [3.05, 3.63) is 70.4 Å². The normalized spacial score (nSPS) is 19.4. The molecular weight excluding hydrogens is 437 g/mol. The van der Waals surface area contributed by atoms with Gasteiger partial charge in [0, 0.05) is 42.3 Å². The van der Waals surface area contributed by atoms with Crippen LogP contribution in [0.5, 0.6) is 0 Å². The van der Waals surface area contributed by atoms with Crippen LogP contribution >= 0.6 is 11.3 Å². The number of fused-ring (bicyclic) bond motifs is 2. The van der Waals surface area contributed by atoms with Crippen molar-refractivity contribution in [1.82, 2.24) is 14.7 Å². The van der Waals surface area contributed by atoms with Crippen LogP contribution in [0.3, 0.4) is 0 Å². The minimum absolute atomic E-state index is 0.0207. The predicted octanol–water partition coefficient (Wildman–Crippen LogP) is 3.70. The van der Waals surface area contributed by atoms with Gasteiger partial charge in [-0.15, -0.1) is 11.3 Å². The van der Waals surface area contributed by atoms with Gasteiger partial charge in [-0.25, -0.2) is 4.39 Å². The van der Waals surface area contributed by atoms with Crippen LogP contribution < -0.4 is 0 Å². The van der Waals surface area contributed by atoms with Crippen LogP contribution in [0.2, 0.25) is 0 Å².